The molecular formula is C26H29NO8S. The number of ether oxygens (including phenoxy) is 6. The molecule has 1 N–H and O–H groups in total. The molecule has 36 heavy (non-hydrogen) atoms. The van der Waals surface area contributed by atoms with E-state index in [4.69, 9.17) is 28.4 Å². The highest BCUT2D eigenvalue weighted by molar-refractivity contribution is 7.92. The van der Waals surface area contributed by atoms with Gasteiger partial charge in [0.15, 0.2) is 23.0 Å². The van der Waals surface area contributed by atoms with Crippen molar-refractivity contribution in [2.24, 2.45) is 0 Å². The van der Waals surface area contributed by atoms with Crippen LogP contribution in [0.4, 0.5) is 5.69 Å². The van der Waals surface area contributed by atoms with Crippen molar-refractivity contribution in [1.29, 1.82) is 0 Å². The fourth-order valence-electron chi connectivity index (χ4n) is 3.48. The van der Waals surface area contributed by atoms with Crippen LogP contribution in [0.15, 0.2) is 53.4 Å². The minimum atomic E-state index is -3.92. The number of nitrogens with one attached hydrogen (secondary N) is 1. The van der Waals surface area contributed by atoms with Gasteiger partial charge in [-0.2, -0.15) is 0 Å². The zero-order valence-electron chi connectivity index (χ0n) is 20.9. The minimum absolute atomic E-state index is 0.0247. The van der Waals surface area contributed by atoms with Gasteiger partial charge in [0.25, 0.3) is 10.0 Å². The summed E-state index contributed by atoms with van der Waals surface area (Å²) in [4.78, 5) is -0.0247. The summed E-state index contributed by atoms with van der Waals surface area (Å²) in [6, 6.07) is 13.3. The zero-order valence-corrected chi connectivity index (χ0v) is 21.8. The molecule has 0 spiro atoms. The lowest BCUT2D eigenvalue weighted by atomic mass is 10.1. The molecule has 0 aliphatic heterocycles. The van der Waals surface area contributed by atoms with Crippen LogP contribution in [-0.4, -0.2) is 51.1 Å². The molecule has 0 heterocycles. The number of methoxy groups -OCH3 is 6. The number of benzene rings is 3. The summed E-state index contributed by atoms with van der Waals surface area (Å²) in [5.74, 6) is 2.40. The van der Waals surface area contributed by atoms with Gasteiger partial charge >= 0.3 is 0 Å². The molecule has 0 aliphatic rings. The van der Waals surface area contributed by atoms with Gasteiger partial charge in [0.1, 0.15) is 0 Å². The number of rotatable bonds is 11. The zero-order chi connectivity index (χ0) is 26.3. The summed E-state index contributed by atoms with van der Waals surface area (Å²) in [6.45, 7) is 0. The van der Waals surface area contributed by atoms with E-state index in [2.05, 4.69) is 4.72 Å². The van der Waals surface area contributed by atoms with E-state index in [0.29, 0.717) is 28.7 Å². The standard InChI is InChI=1S/C26H29NO8S/c1-30-21-13-18(14-22(31-2)25(21)34-5)8-7-17-9-11-19(12-10-17)27-36(28,29)20-15-23(32-3)26(35-6)24(16-20)33-4/h7-16,27H,1-6H3/b8-7-. The fraction of sp³-hybridized carbons (Fsp3) is 0.231. The van der Waals surface area contributed by atoms with Crippen LogP contribution in [0.2, 0.25) is 0 Å². The second-order valence-electron chi connectivity index (χ2n) is 7.38. The monoisotopic (exact) mass is 515 g/mol. The minimum Gasteiger partial charge on any atom is -0.493 e. The van der Waals surface area contributed by atoms with Crippen LogP contribution in [0.3, 0.4) is 0 Å². The number of hydrogen-bond donors (Lipinski definition) is 1. The van der Waals surface area contributed by atoms with Crippen molar-refractivity contribution in [3.8, 4) is 34.5 Å². The second kappa shape index (κ2) is 11.6. The van der Waals surface area contributed by atoms with Crippen molar-refractivity contribution in [3.63, 3.8) is 0 Å². The predicted octanol–water partition coefficient (Wildman–Crippen LogP) is 4.71. The Labute approximate surface area is 211 Å². The van der Waals surface area contributed by atoms with Crippen molar-refractivity contribution in [1.82, 2.24) is 0 Å². The summed E-state index contributed by atoms with van der Waals surface area (Å²) >= 11 is 0. The summed E-state index contributed by atoms with van der Waals surface area (Å²) in [6.07, 6.45) is 3.78. The summed E-state index contributed by atoms with van der Waals surface area (Å²) in [5, 5.41) is 0. The first-order valence-corrected chi connectivity index (χ1v) is 12.2. The van der Waals surface area contributed by atoms with Crippen molar-refractivity contribution >= 4 is 27.9 Å². The SMILES string of the molecule is COc1cc(/C=C\c2ccc(NS(=O)(=O)c3cc(OC)c(OC)c(OC)c3)cc2)cc(OC)c1OC. The van der Waals surface area contributed by atoms with Gasteiger partial charge in [0.05, 0.1) is 47.6 Å². The number of anilines is 1. The average molecular weight is 516 g/mol. The van der Waals surface area contributed by atoms with E-state index in [1.807, 2.05) is 24.3 Å². The van der Waals surface area contributed by atoms with Crippen LogP contribution in [0.5, 0.6) is 34.5 Å². The lowest BCUT2D eigenvalue weighted by Gasteiger charge is -2.15. The largest absolute Gasteiger partial charge is 0.493 e. The van der Waals surface area contributed by atoms with Gasteiger partial charge in [0.2, 0.25) is 11.5 Å². The van der Waals surface area contributed by atoms with Crippen LogP contribution < -0.4 is 33.1 Å². The van der Waals surface area contributed by atoms with E-state index in [-0.39, 0.29) is 16.4 Å². The molecule has 0 bridgehead atoms. The molecule has 0 atom stereocenters. The smallest absolute Gasteiger partial charge is 0.262 e. The summed E-state index contributed by atoms with van der Waals surface area (Å²) in [7, 11) is 5.04. The highest BCUT2D eigenvalue weighted by Crippen LogP contribution is 2.40. The maximum absolute atomic E-state index is 13.0. The Morgan fingerprint density at radius 1 is 0.583 bits per heavy atom. The van der Waals surface area contributed by atoms with Gasteiger partial charge in [-0.15, -0.1) is 0 Å². The maximum Gasteiger partial charge on any atom is 0.262 e. The molecule has 0 saturated heterocycles. The lowest BCUT2D eigenvalue weighted by Crippen LogP contribution is -2.13. The molecule has 9 nitrogen and oxygen atoms in total. The molecule has 0 saturated carbocycles. The Balaban J connectivity index is 1.81. The van der Waals surface area contributed by atoms with E-state index >= 15 is 0 Å². The molecule has 0 aliphatic carbocycles. The molecule has 3 aromatic carbocycles. The van der Waals surface area contributed by atoms with Crippen LogP contribution in [0, 0.1) is 0 Å². The van der Waals surface area contributed by atoms with Crippen LogP contribution >= 0.6 is 0 Å². The van der Waals surface area contributed by atoms with E-state index in [0.717, 1.165) is 11.1 Å². The predicted molar refractivity (Wildman–Crippen MR) is 138 cm³/mol. The number of sulfonamides is 1. The Morgan fingerprint density at radius 2 is 1.00 bits per heavy atom. The third-order valence-corrected chi connectivity index (χ3v) is 6.63. The first kappa shape index (κ1) is 26.6. The average Bonchev–Trinajstić information content (AvgIpc) is 2.90. The number of hydrogen-bond acceptors (Lipinski definition) is 8. The summed E-state index contributed by atoms with van der Waals surface area (Å²) in [5.41, 5.74) is 2.10. The highest BCUT2D eigenvalue weighted by Gasteiger charge is 2.21. The van der Waals surface area contributed by atoms with Gasteiger partial charge in [-0.3, -0.25) is 4.72 Å². The molecule has 192 valence electrons. The van der Waals surface area contributed by atoms with Crippen molar-refractivity contribution in [2.45, 2.75) is 4.90 Å². The van der Waals surface area contributed by atoms with Gasteiger partial charge in [-0.25, -0.2) is 8.42 Å². The molecular weight excluding hydrogens is 486 g/mol. The van der Waals surface area contributed by atoms with Crippen molar-refractivity contribution in [3.05, 3.63) is 59.7 Å². The highest BCUT2D eigenvalue weighted by atomic mass is 32.2. The normalized spacial score (nSPS) is 11.2. The van der Waals surface area contributed by atoms with Crippen LogP contribution in [0.25, 0.3) is 12.2 Å². The molecule has 0 amide bonds. The van der Waals surface area contributed by atoms with Crippen molar-refractivity contribution in [2.75, 3.05) is 47.4 Å². The Bertz CT molecular complexity index is 1280. The maximum atomic E-state index is 13.0. The molecule has 0 radical (unpaired) electrons. The quantitative estimate of drug-likeness (QED) is 0.367. The fourth-order valence-corrected chi connectivity index (χ4v) is 4.57. The van der Waals surface area contributed by atoms with E-state index in [1.165, 1.54) is 33.5 Å². The molecule has 10 heteroatoms. The first-order valence-electron chi connectivity index (χ1n) is 10.7. The van der Waals surface area contributed by atoms with E-state index < -0.39 is 10.0 Å². The molecule has 3 aromatic rings. The first-order chi connectivity index (χ1) is 17.3. The van der Waals surface area contributed by atoms with Gasteiger partial charge in [0, 0.05) is 17.8 Å². The van der Waals surface area contributed by atoms with E-state index in [9.17, 15) is 8.42 Å². The second-order valence-corrected chi connectivity index (χ2v) is 9.06. The lowest BCUT2D eigenvalue weighted by molar-refractivity contribution is 0.323. The van der Waals surface area contributed by atoms with Gasteiger partial charge in [-0.1, -0.05) is 24.3 Å². The van der Waals surface area contributed by atoms with Gasteiger partial charge < -0.3 is 28.4 Å². The molecule has 0 unspecified atom stereocenters. The molecule has 0 fully saturated rings. The molecule has 3 rings (SSSR count). The Morgan fingerprint density at radius 3 is 1.42 bits per heavy atom. The Kier molecular flexibility index (Phi) is 8.55. The summed E-state index contributed by atoms with van der Waals surface area (Å²) < 4.78 is 60.5. The third kappa shape index (κ3) is 5.77. The Hall–Kier alpha value is -4.05. The van der Waals surface area contributed by atoms with Gasteiger partial charge in [-0.05, 0) is 35.4 Å². The third-order valence-electron chi connectivity index (χ3n) is 5.27. The van der Waals surface area contributed by atoms with Crippen LogP contribution in [0.1, 0.15) is 11.1 Å². The van der Waals surface area contributed by atoms with Crippen molar-refractivity contribution < 1.29 is 36.8 Å². The molecule has 0 aromatic heterocycles. The topological polar surface area (TPSA) is 102 Å². The van der Waals surface area contributed by atoms with E-state index in [1.54, 1.807) is 45.6 Å². The van der Waals surface area contributed by atoms with Crippen LogP contribution in [-0.2, 0) is 10.0 Å².